The number of methoxy groups -OCH3 is 1. The van der Waals surface area contributed by atoms with Gasteiger partial charge in [-0.05, 0) is 13.3 Å². The third kappa shape index (κ3) is 2.58. The molecule has 0 bridgehead atoms. The monoisotopic (exact) mass is 247 g/mol. The molecule has 6 heteroatoms. The molecule has 0 atom stereocenters. The molecule has 0 spiro atoms. The lowest BCUT2D eigenvalue weighted by Gasteiger charge is -2.07. The second-order valence-electron chi connectivity index (χ2n) is 3.98. The molecule has 0 aliphatic carbocycles. The summed E-state index contributed by atoms with van der Waals surface area (Å²) in [5.41, 5.74) is 1.97. The minimum atomic E-state index is 0.548. The van der Waals surface area contributed by atoms with Gasteiger partial charge in [0.25, 0.3) is 0 Å². The van der Waals surface area contributed by atoms with E-state index in [9.17, 15) is 0 Å². The minimum absolute atomic E-state index is 0.548. The summed E-state index contributed by atoms with van der Waals surface area (Å²) >= 11 is 0. The molecule has 0 saturated carbocycles. The van der Waals surface area contributed by atoms with Crippen LogP contribution in [0.4, 0.5) is 11.5 Å². The van der Waals surface area contributed by atoms with Gasteiger partial charge in [-0.3, -0.25) is 4.68 Å². The van der Waals surface area contributed by atoms with Crippen LogP contribution in [0.15, 0.2) is 12.3 Å². The summed E-state index contributed by atoms with van der Waals surface area (Å²) < 4.78 is 6.91. The van der Waals surface area contributed by atoms with Crippen molar-refractivity contribution in [2.24, 2.45) is 7.05 Å². The molecule has 96 valence electrons. The number of aromatic nitrogens is 4. The topological polar surface area (TPSA) is 64.9 Å². The highest BCUT2D eigenvalue weighted by Crippen LogP contribution is 2.21. The number of anilines is 2. The second kappa shape index (κ2) is 5.03. The molecule has 0 unspecified atom stereocenters. The van der Waals surface area contributed by atoms with Gasteiger partial charge in [-0.15, -0.1) is 0 Å². The van der Waals surface area contributed by atoms with Gasteiger partial charge in [-0.1, -0.05) is 6.92 Å². The van der Waals surface area contributed by atoms with Gasteiger partial charge >= 0.3 is 0 Å². The van der Waals surface area contributed by atoms with E-state index in [0.717, 1.165) is 17.8 Å². The molecule has 6 nitrogen and oxygen atoms in total. The highest BCUT2D eigenvalue weighted by atomic mass is 16.5. The van der Waals surface area contributed by atoms with Crippen LogP contribution in [0.2, 0.25) is 0 Å². The van der Waals surface area contributed by atoms with Crippen LogP contribution in [0.25, 0.3) is 0 Å². The van der Waals surface area contributed by atoms with Crippen molar-refractivity contribution in [1.29, 1.82) is 0 Å². The Balaban J connectivity index is 2.30. The number of rotatable bonds is 4. The van der Waals surface area contributed by atoms with Gasteiger partial charge in [0.05, 0.1) is 18.5 Å². The molecule has 0 aliphatic heterocycles. The molecule has 2 heterocycles. The molecule has 0 aliphatic rings. The lowest BCUT2D eigenvalue weighted by atomic mass is 10.3. The first-order valence-corrected chi connectivity index (χ1v) is 5.81. The molecule has 2 aromatic rings. The van der Waals surface area contributed by atoms with Gasteiger partial charge in [-0.2, -0.15) is 10.1 Å². The van der Waals surface area contributed by atoms with Crippen LogP contribution in [-0.2, 0) is 13.5 Å². The number of hydrogen-bond donors (Lipinski definition) is 1. The summed E-state index contributed by atoms with van der Waals surface area (Å²) in [5.74, 6) is 1.92. The van der Waals surface area contributed by atoms with E-state index in [1.54, 1.807) is 17.9 Å². The molecular weight excluding hydrogens is 230 g/mol. The van der Waals surface area contributed by atoms with Gasteiger partial charge in [0.2, 0.25) is 5.88 Å². The Labute approximate surface area is 106 Å². The molecule has 0 saturated heterocycles. The van der Waals surface area contributed by atoms with Crippen LogP contribution >= 0.6 is 0 Å². The lowest BCUT2D eigenvalue weighted by Crippen LogP contribution is -2.00. The molecule has 0 radical (unpaired) electrons. The average Bonchev–Trinajstić information content (AvgIpc) is 2.68. The van der Waals surface area contributed by atoms with Crippen molar-refractivity contribution in [1.82, 2.24) is 19.7 Å². The average molecular weight is 247 g/mol. The summed E-state index contributed by atoms with van der Waals surface area (Å²) in [4.78, 5) is 8.47. The van der Waals surface area contributed by atoms with Crippen molar-refractivity contribution in [3.05, 3.63) is 23.8 Å². The quantitative estimate of drug-likeness (QED) is 0.893. The first-order valence-electron chi connectivity index (χ1n) is 5.81. The Morgan fingerprint density at radius 2 is 2.17 bits per heavy atom. The molecule has 0 aromatic carbocycles. The fraction of sp³-hybridized carbons (Fsp3) is 0.417. The predicted molar refractivity (Wildman–Crippen MR) is 69.2 cm³/mol. The number of hydrogen-bond acceptors (Lipinski definition) is 5. The van der Waals surface area contributed by atoms with E-state index in [1.807, 2.05) is 20.2 Å². The first kappa shape index (κ1) is 12.3. The van der Waals surface area contributed by atoms with Crippen LogP contribution in [0.3, 0.4) is 0 Å². The Bertz CT molecular complexity index is 549. The third-order valence-electron chi connectivity index (χ3n) is 2.53. The predicted octanol–water partition coefficient (Wildman–Crippen LogP) is 1.83. The molecule has 0 fully saturated rings. The van der Waals surface area contributed by atoms with Crippen molar-refractivity contribution < 1.29 is 4.74 Å². The van der Waals surface area contributed by atoms with E-state index in [2.05, 4.69) is 27.3 Å². The highest BCUT2D eigenvalue weighted by Gasteiger charge is 2.08. The zero-order valence-electron chi connectivity index (χ0n) is 11.1. The molecule has 1 N–H and O–H groups in total. The molecule has 2 aromatic heterocycles. The van der Waals surface area contributed by atoms with Crippen LogP contribution in [0.1, 0.15) is 18.4 Å². The molecule has 2 rings (SSSR count). The van der Waals surface area contributed by atoms with Crippen LogP contribution < -0.4 is 10.1 Å². The highest BCUT2D eigenvalue weighted by molar-refractivity contribution is 5.58. The lowest BCUT2D eigenvalue weighted by molar-refractivity contribution is 0.396. The Morgan fingerprint density at radius 1 is 1.39 bits per heavy atom. The summed E-state index contributed by atoms with van der Waals surface area (Å²) in [6.07, 6.45) is 2.80. The fourth-order valence-corrected chi connectivity index (χ4v) is 1.75. The maximum Gasteiger partial charge on any atom is 0.218 e. The SMILES string of the molecule is CCc1nn(C)cc1Nc1cc(OC)nc(C)n1. The van der Waals surface area contributed by atoms with Crippen LogP contribution in [0.5, 0.6) is 5.88 Å². The zero-order valence-corrected chi connectivity index (χ0v) is 11.1. The maximum atomic E-state index is 5.12. The van der Waals surface area contributed by atoms with Gasteiger partial charge in [0, 0.05) is 19.3 Å². The Kier molecular flexibility index (Phi) is 3.45. The minimum Gasteiger partial charge on any atom is -0.481 e. The summed E-state index contributed by atoms with van der Waals surface area (Å²) in [6.45, 7) is 3.90. The summed E-state index contributed by atoms with van der Waals surface area (Å²) in [6, 6.07) is 1.76. The number of nitrogens with one attached hydrogen (secondary N) is 1. The standard InChI is InChI=1S/C12H17N5O/c1-5-9-10(7-17(3)16-9)15-11-6-12(18-4)14-8(2)13-11/h6-7H,5H2,1-4H3,(H,13,14,15). The van der Waals surface area contributed by atoms with Crippen LogP contribution in [-0.4, -0.2) is 26.9 Å². The molecular formula is C12H17N5O. The van der Waals surface area contributed by atoms with E-state index in [-0.39, 0.29) is 0 Å². The van der Waals surface area contributed by atoms with E-state index < -0.39 is 0 Å². The second-order valence-corrected chi connectivity index (χ2v) is 3.98. The third-order valence-corrected chi connectivity index (χ3v) is 2.53. The van der Waals surface area contributed by atoms with Crippen molar-refractivity contribution in [2.45, 2.75) is 20.3 Å². The zero-order chi connectivity index (χ0) is 13.1. The van der Waals surface area contributed by atoms with Gasteiger partial charge in [0.15, 0.2) is 0 Å². The first-order chi connectivity index (χ1) is 8.62. The maximum absolute atomic E-state index is 5.12. The molecule has 18 heavy (non-hydrogen) atoms. The number of aryl methyl sites for hydroxylation is 3. The van der Waals surface area contributed by atoms with Crippen molar-refractivity contribution >= 4 is 11.5 Å². The van der Waals surface area contributed by atoms with Gasteiger partial charge in [0.1, 0.15) is 11.6 Å². The Hall–Kier alpha value is -2.11. The van der Waals surface area contributed by atoms with Gasteiger partial charge < -0.3 is 10.1 Å². The van der Waals surface area contributed by atoms with E-state index in [1.165, 1.54) is 0 Å². The number of ether oxygens (including phenoxy) is 1. The molecule has 0 amide bonds. The van der Waals surface area contributed by atoms with E-state index in [4.69, 9.17) is 4.74 Å². The number of nitrogens with zero attached hydrogens (tertiary/aromatic N) is 4. The van der Waals surface area contributed by atoms with Crippen molar-refractivity contribution in [2.75, 3.05) is 12.4 Å². The van der Waals surface area contributed by atoms with Crippen molar-refractivity contribution in [3.8, 4) is 5.88 Å². The van der Waals surface area contributed by atoms with E-state index in [0.29, 0.717) is 17.5 Å². The largest absolute Gasteiger partial charge is 0.481 e. The summed E-state index contributed by atoms with van der Waals surface area (Å²) in [7, 11) is 3.49. The Morgan fingerprint density at radius 3 is 2.83 bits per heavy atom. The van der Waals surface area contributed by atoms with E-state index >= 15 is 0 Å². The van der Waals surface area contributed by atoms with Gasteiger partial charge in [-0.25, -0.2) is 4.98 Å². The smallest absolute Gasteiger partial charge is 0.218 e. The summed E-state index contributed by atoms with van der Waals surface area (Å²) in [5, 5.41) is 7.62. The fourth-order valence-electron chi connectivity index (χ4n) is 1.75. The van der Waals surface area contributed by atoms with Crippen LogP contribution in [0, 0.1) is 6.92 Å². The van der Waals surface area contributed by atoms with Crippen molar-refractivity contribution in [3.63, 3.8) is 0 Å². The normalized spacial score (nSPS) is 10.4.